The van der Waals surface area contributed by atoms with Gasteiger partial charge in [-0.15, -0.1) is 0 Å². The van der Waals surface area contributed by atoms with Crippen LogP contribution in [0.2, 0.25) is 0 Å². The Hall–Kier alpha value is -2.80. The summed E-state index contributed by atoms with van der Waals surface area (Å²) in [5.41, 5.74) is 1.53. The molecule has 1 aromatic heterocycles. The topological polar surface area (TPSA) is 73.2 Å². The second-order valence-electron chi connectivity index (χ2n) is 6.36. The van der Waals surface area contributed by atoms with Gasteiger partial charge in [-0.25, -0.2) is 4.98 Å². The standard InChI is InChI=1S/C20H19N3O3S/c1-23-19(25)14-7-2-4-8-15(14)22-20(23)27-12-18(24)21-16-10-11-26-17-9-5-3-6-13(16)17/h2-9,16H,10-12H2,1H3,(H,21,24). The van der Waals surface area contributed by atoms with Crippen molar-refractivity contribution < 1.29 is 9.53 Å². The lowest BCUT2D eigenvalue weighted by Gasteiger charge is -2.26. The third kappa shape index (κ3) is 3.55. The first-order valence-corrected chi connectivity index (χ1v) is 9.71. The molecule has 138 valence electrons. The van der Waals surface area contributed by atoms with Gasteiger partial charge >= 0.3 is 0 Å². The van der Waals surface area contributed by atoms with E-state index in [1.54, 1.807) is 19.2 Å². The molecule has 0 saturated carbocycles. The molecule has 1 unspecified atom stereocenters. The number of aromatic nitrogens is 2. The number of para-hydroxylation sites is 2. The number of nitrogens with one attached hydrogen (secondary N) is 1. The van der Waals surface area contributed by atoms with Crippen LogP contribution in [0, 0.1) is 0 Å². The van der Waals surface area contributed by atoms with Gasteiger partial charge in [0.2, 0.25) is 5.91 Å². The number of fused-ring (bicyclic) bond motifs is 2. The first-order chi connectivity index (χ1) is 13.1. The fourth-order valence-electron chi connectivity index (χ4n) is 3.18. The maximum Gasteiger partial charge on any atom is 0.261 e. The highest BCUT2D eigenvalue weighted by atomic mass is 32.2. The predicted molar refractivity (Wildman–Crippen MR) is 105 cm³/mol. The molecular formula is C20H19N3O3S. The number of thioether (sulfide) groups is 1. The van der Waals surface area contributed by atoms with Crippen LogP contribution in [-0.2, 0) is 11.8 Å². The summed E-state index contributed by atoms with van der Waals surface area (Å²) in [4.78, 5) is 29.4. The monoisotopic (exact) mass is 381 g/mol. The van der Waals surface area contributed by atoms with Crippen molar-refractivity contribution >= 4 is 28.6 Å². The summed E-state index contributed by atoms with van der Waals surface area (Å²) in [6.07, 6.45) is 0.736. The number of carbonyl (C=O) groups is 1. The summed E-state index contributed by atoms with van der Waals surface area (Å²) in [6, 6.07) is 14.9. The molecule has 0 bridgehead atoms. The maximum absolute atomic E-state index is 12.5. The van der Waals surface area contributed by atoms with E-state index in [0.29, 0.717) is 22.7 Å². The van der Waals surface area contributed by atoms with Crippen molar-refractivity contribution in [3.05, 3.63) is 64.4 Å². The second kappa shape index (κ2) is 7.44. The fourth-order valence-corrected chi connectivity index (χ4v) is 3.97. The molecule has 0 fully saturated rings. The zero-order chi connectivity index (χ0) is 18.8. The van der Waals surface area contributed by atoms with Gasteiger partial charge in [0.25, 0.3) is 5.56 Å². The van der Waals surface area contributed by atoms with E-state index >= 15 is 0 Å². The largest absolute Gasteiger partial charge is 0.493 e. The Balaban J connectivity index is 1.47. The van der Waals surface area contributed by atoms with Crippen molar-refractivity contribution in [1.29, 1.82) is 0 Å². The molecule has 6 nitrogen and oxygen atoms in total. The molecule has 4 rings (SSSR count). The SMILES string of the molecule is Cn1c(SCC(=O)NC2CCOc3ccccc32)nc2ccccc2c1=O. The summed E-state index contributed by atoms with van der Waals surface area (Å²) in [5, 5.41) is 4.17. The van der Waals surface area contributed by atoms with Crippen molar-refractivity contribution in [1.82, 2.24) is 14.9 Å². The number of hydrogen-bond donors (Lipinski definition) is 1. The number of hydrogen-bond acceptors (Lipinski definition) is 5. The van der Waals surface area contributed by atoms with Crippen LogP contribution in [0.25, 0.3) is 10.9 Å². The van der Waals surface area contributed by atoms with Crippen molar-refractivity contribution in [3.8, 4) is 5.75 Å². The van der Waals surface area contributed by atoms with Gasteiger partial charge in [-0.05, 0) is 18.2 Å². The van der Waals surface area contributed by atoms with Crippen LogP contribution in [0.1, 0.15) is 18.0 Å². The van der Waals surface area contributed by atoms with Gasteiger partial charge in [0, 0.05) is 19.0 Å². The zero-order valence-corrected chi connectivity index (χ0v) is 15.7. The molecule has 0 spiro atoms. The van der Waals surface area contributed by atoms with Crippen LogP contribution in [0.15, 0.2) is 58.5 Å². The number of ether oxygens (including phenoxy) is 1. The summed E-state index contributed by atoms with van der Waals surface area (Å²) < 4.78 is 7.12. The van der Waals surface area contributed by atoms with E-state index < -0.39 is 0 Å². The lowest BCUT2D eigenvalue weighted by molar-refractivity contribution is -0.119. The number of carbonyl (C=O) groups excluding carboxylic acids is 1. The predicted octanol–water partition coefficient (Wildman–Crippen LogP) is 2.67. The molecule has 0 aliphatic carbocycles. The maximum atomic E-state index is 12.5. The fraction of sp³-hybridized carbons (Fsp3) is 0.250. The molecular weight excluding hydrogens is 362 g/mol. The lowest BCUT2D eigenvalue weighted by atomic mass is 10.0. The summed E-state index contributed by atoms with van der Waals surface area (Å²) >= 11 is 1.26. The minimum Gasteiger partial charge on any atom is -0.493 e. The Morgan fingerprint density at radius 3 is 2.93 bits per heavy atom. The van der Waals surface area contributed by atoms with Crippen molar-refractivity contribution in [2.24, 2.45) is 7.05 Å². The smallest absolute Gasteiger partial charge is 0.261 e. The van der Waals surface area contributed by atoms with Gasteiger partial charge in [0.15, 0.2) is 5.16 Å². The molecule has 0 radical (unpaired) electrons. The van der Waals surface area contributed by atoms with E-state index in [1.807, 2.05) is 36.4 Å². The van der Waals surface area contributed by atoms with Gasteiger partial charge in [-0.3, -0.25) is 14.2 Å². The van der Waals surface area contributed by atoms with Crippen LogP contribution >= 0.6 is 11.8 Å². The summed E-state index contributed by atoms with van der Waals surface area (Å²) in [6.45, 7) is 0.579. The van der Waals surface area contributed by atoms with Crippen LogP contribution in [-0.4, -0.2) is 27.8 Å². The Morgan fingerprint density at radius 2 is 2.04 bits per heavy atom. The van der Waals surface area contributed by atoms with E-state index in [-0.39, 0.29) is 23.3 Å². The van der Waals surface area contributed by atoms with E-state index in [2.05, 4.69) is 10.3 Å². The highest BCUT2D eigenvalue weighted by Gasteiger charge is 2.22. The van der Waals surface area contributed by atoms with Crippen molar-refractivity contribution in [2.45, 2.75) is 17.6 Å². The molecule has 2 aromatic carbocycles. The van der Waals surface area contributed by atoms with Crippen LogP contribution < -0.4 is 15.6 Å². The molecule has 0 saturated heterocycles. The molecule has 2 heterocycles. The molecule has 1 N–H and O–H groups in total. The Labute approximate surface area is 160 Å². The Kier molecular flexibility index (Phi) is 4.85. The second-order valence-corrected chi connectivity index (χ2v) is 7.30. The zero-order valence-electron chi connectivity index (χ0n) is 14.8. The average Bonchev–Trinajstić information content (AvgIpc) is 2.70. The molecule has 1 amide bonds. The molecule has 1 aliphatic heterocycles. The Morgan fingerprint density at radius 1 is 1.26 bits per heavy atom. The minimum absolute atomic E-state index is 0.0589. The van der Waals surface area contributed by atoms with Gasteiger partial charge in [0.05, 0.1) is 29.3 Å². The molecule has 3 aromatic rings. The molecule has 7 heteroatoms. The third-order valence-corrected chi connectivity index (χ3v) is 5.60. The number of rotatable bonds is 4. The van der Waals surface area contributed by atoms with E-state index in [1.165, 1.54) is 16.3 Å². The minimum atomic E-state index is -0.109. The quantitative estimate of drug-likeness (QED) is 0.556. The van der Waals surface area contributed by atoms with Gasteiger partial charge in [-0.2, -0.15) is 0 Å². The first kappa shape index (κ1) is 17.6. The van der Waals surface area contributed by atoms with E-state index in [0.717, 1.165) is 17.7 Å². The molecule has 27 heavy (non-hydrogen) atoms. The normalized spacial score (nSPS) is 15.8. The number of benzene rings is 2. The van der Waals surface area contributed by atoms with Crippen LogP contribution in [0.5, 0.6) is 5.75 Å². The highest BCUT2D eigenvalue weighted by Crippen LogP contribution is 2.31. The van der Waals surface area contributed by atoms with Crippen molar-refractivity contribution in [2.75, 3.05) is 12.4 Å². The van der Waals surface area contributed by atoms with E-state index in [4.69, 9.17) is 4.74 Å². The van der Waals surface area contributed by atoms with Crippen molar-refractivity contribution in [3.63, 3.8) is 0 Å². The van der Waals surface area contributed by atoms with Gasteiger partial charge in [0.1, 0.15) is 5.75 Å². The first-order valence-electron chi connectivity index (χ1n) is 8.73. The molecule has 1 atom stereocenters. The highest BCUT2D eigenvalue weighted by molar-refractivity contribution is 7.99. The van der Waals surface area contributed by atoms with Crippen LogP contribution in [0.3, 0.4) is 0 Å². The average molecular weight is 381 g/mol. The third-order valence-electron chi connectivity index (χ3n) is 4.57. The number of amides is 1. The van der Waals surface area contributed by atoms with Gasteiger partial charge < -0.3 is 10.1 Å². The molecule has 1 aliphatic rings. The Bertz CT molecular complexity index is 1060. The number of nitrogens with zero attached hydrogens (tertiary/aromatic N) is 2. The summed E-state index contributed by atoms with van der Waals surface area (Å²) in [7, 11) is 1.68. The van der Waals surface area contributed by atoms with Crippen LogP contribution in [0.4, 0.5) is 0 Å². The van der Waals surface area contributed by atoms with E-state index in [9.17, 15) is 9.59 Å². The lowest BCUT2D eigenvalue weighted by Crippen LogP contribution is -2.33. The van der Waals surface area contributed by atoms with Gasteiger partial charge in [-0.1, -0.05) is 42.1 Å². The summed E-state index contributed by atoms with van der Waals surface area (Å²) in [5.74, 6) is 0.919.